The molecule has 2 aromatic heterocycles. The molecule has 188 valence electrons. The number of aliphatic imine (C=N–C) groups is 1. The molecule has 1 aliphatic heterocycles. The van der Waals surface area contributed by atoms with Crippen LogP contribution >= 0.6 is 0 Å². The van der Waals surface area contributed by atoms with Crippen molar-refractivity contribution >= 4 is 47.1 Å². The molecule has 2 N–H and O–H groups in total. The standard InChI is InChI=1S/C21H25N5O9/c1-9-24-19(23-8-31-5)15-13(18(22)30)6-26(20(15)25-9)21-17(34-12(4)29)16(33-11(3)28)14(35-21)7-32-10(2)27/h6,8,14,16-17,21H,7H2,1-5H3,(H2,22,30)/t14-,16-,17-,21-/m1/s1. The van der Waals surface area contributed by atoms with E-state index in [0.717, 1.165) is 6.40 Å². The van der Waals surface area contributed by atoms with E-state index in [0.29, 0.717) is 5.82 Å². The van der Waals surface area contributed by atoms with Gasteiger partial charge < -0.3 is 34.0 Å². The number of esters is 3. The third kappa shape index (κ3) is 5.54. The largest absolute Gasteiger partial charge is 0.486 e. The Labute approximate surface area is 199 Å². The molecule has 1 saturated heterocycles. The molecule has 0 unspecified atom stereocenters. The number of aromatic nitrogens is 3. The molecule has 0 spiro atoms. The van der Waals surface area contributed by atoms with E-state index in [9.17, 15) is 19.2 Å². The van der Waals surface area contributed by atoms with Gasteiger partial charge in [-0.25, -0.2) is 15.0 Å². The maximum Gasteiger partial charge on any atom is 0.303 e. The molecule has 14 nitrogen and oxygen atoms in total. The van der Waals surface area contributed by atoms with Crippen molar-refractivity contribution in [3.05, 3.63) is 17.6 Å². The highest BCUT2D eigenvalue weighted by Crippen LogP contribution is 2.38. The zero-order chi connectivity index (χ0) is 25.9. The van der Waals surface area contributed by atoms with Crippen molar-refractivity contribution in [2.24, 2.45) is 10.7 Å². The number of rotatable bonds is 8. The van der Waals surface area contributed by atoms with E-state index < -0.39 is 48.4 Å². The quantitative estimate of drug-likeness (QED) is 0.234. The molecule has 0 aromatic carbocycles. The van der Waals surface area contributed by atoms with Crippen molar-refractivity contribution in [2.75, 3.05) is 13.7 Å². The van der Waals surface area contributed by atoms with Crippen LogP contribution in [0.2, 0.25) is 0 Å². The molecule has 3 rings (SSSR count). The average Bonchev–Trinajstić information content (AvgIpc) is 3.28. The number of methoxy groups -OCH3 is 1. The number of amides is 1. The summed E-state index contributed by atoms with van der Waals surface area (Å²) in [7, 11) is 1.39. The number of carbonyl (C=O) groups excluding carboxylic acids is 4. The molecule has 4 atom stereocenters. The number of carbonyl (C=O) groups is 4. The molecule has 1 amide bonds. The van der Waals surface area contributed by atoms with Gasteiger partial charge in [0.2, 0.25) is 0 Å². The van der Waals surface area contributed by atoms with Crippen LogP contribution in [0.3, 0.4) is 0 Å². The fourth-order valence-corrected chi connectivity index (χ4v) is 3.73. The predicted molar refractivity (Wildman–Crippen MR) is 118 cm³/mol. The number of aryl methyl sites for hydroxylation is 1. The van der Waals surface area contributed by atoms with Gasteiger partial charge in [0.05, 0.1) is 18.1 Å². The van der Waals surface area contributed by atoms with Crippen LogP contribution in [-0.4, -0.2) is 76.8 Å². The Morgan fingerprint density at radius 2 is 1.77 bits per heavy atom. The van der Waals surface area contributed by atoms with Crippen LogP contribution in [-0.2, 0) is 38.1 Å². The fraction of sp³-hybridized carbons (Fsp3) is 0.476. The smallest absolute Gasteiger partial charge is 0.303 e. The van der Waals surface area contributed by atoms with E-state index >= 15 is 0 Å². The second kappa shape index (κ2) is 10.5. The Kier molecular flexibility index (Phi) is 7.64. The number of hydrogen-bond acceptors (Lipinski definition) is 12. The van der Waals surface area contributed by atoms with Gasteiger partial charge in [-0.2, -0.15) is 0 Å². The Hall–Kier alpha value is -4.07. The maximum absolute atomic E-state index is 12.3. The molecule has 35 heavy (non-hydrogen) atoms. The van der Waals surface area contributed by atoms with Crippen molar-refractivity contribution in [2.45, 2.75) is 52.2 Å². The molecular formula is C21H25N5O9. The lowest BCUT2D eigenvalue weighted by Crippen LogP contribution is -2.40. The number of primary amides is 1. The van der Waals surface area contributed by atoms with Crippen LogP contribution in [0.4, 0.5) is 5.82 Å². The van der Waals surface area contributed by atoms with Gasteiger partial charge in [-0.1, -0.05) is 0 Å². The van der Waals surface area contributed by atoms with Crippen LogP contribution < -0.4 is 5.73 Å². The van der Waals surface area contributed by atoms with Crippen LogP contribution in [0.15, 0.2) is 11.2 Å². The highest BCUT2D eigenvalue weighted by Gasteiger charge is 2.51. The summed E-state index contributed by atoms with van der Waals surface area (Å²) in [4.78, 5) is 60.2. The van der Waals surface area contributed by atoms with E-state index in [1.165, 1.54) is 38.6 Å². The van der Waals surface area contributed by atoms with Gasteiger partial charge in [-0.3, -0.25) is 19.2 Å². The molecule has 2 aromatic rings. The second-order valence-electron chi connectivity index (χ2n) is 7.59. The van der Waals surface area contributed by atoms with Gasteiger partial charge in [0, 0.05) is 27.0 Å². The van der Waals surface area contributed by atoms with Crippen LogP contribution in [0.25, 0.3) is 11.0 Å². The first-order valence-corrected chi connectivity index (χ1v) is 10.4. The number of hydrogen-bond donors (Lipinski definition) is 1. The molecule has 0 saturated carbocycles. The minimum absolute atomic E-state index is 0.0147. The van der Waals surface area contributed by atoms with Gasteiger partial charge in [-0.15, -0.1) is 0 Å². The number of fused-ring (bicyclic) bond motifs is 1. The highest BCUT2D eigenvalue weighted by molar-refractivity contribution is 6.09. The van der Waals surface area contributed by atoms with Crippen LogP contribution in [0.5, 0.6) is 0 Å². The third-order valence-electron chi connectivity index (χ3n) is 4.93. The van der Waals surface area contributed by atoms with Gasteiger partial charge in [0.25, 0.3) is 5.91 Å². The fourth-order valence-electron chi connectivity index (χ4n) is 3.73. The number of ether oxygens (including phenoxy) is 5. The summed E-state index contributed by atoms with van der Waals surface area (Å²) in [5.74, 6) is -2.34. The molecule has 0 aliphatic carbocycles. The summed E-state index contributed by atoms with van der Waals surface area (Å²) in [5, 5.41) is 0.203. The number of nitrogens with zero attached hydrogens (tertiary/aromatic N) is 4. The first-order valence-electron chi connectivity index (χ1n) is 10.4. The molecular weight excluding hydrogens is 466 g/mol. The number of nitrogens with two attached hydrogens (primary N) is 1. The lowest BCUT2D eigenvalue weighted by molar-refractivity contribution is -0.166. The summed E-state index contributed by atoms with van der Waals surface area (Å²) in [5.41, 5.74) is 5.80. The zero-order valence-electron chi connectivity index (χ0n) is 19.7. The summed E-state index contributed by atoms with van der Waals surface area (Å²) in [6.45, 7) is 4.87. The van der Waals surface area contributed by atoms with E-state index in [1.807, 2.05) is 0 Å². The molecule has 3 heterocycles. The van der Waals surface area contributed by atoms with Gasteiger partial charge >= 0.3 is 17.9 Å². The maximum atomic E-state index is 12.3. The van der Waals surface area contributed by atoms with Crippen LogP contribution in [0.1, 0.15) is 43.2 Å². The Balaban J connectivity index is 2.21. The average molecular weight is 491 g/mol. The van der Waals surface area contributed by atoms with E-state index in [-0.39, 0.29) is 29.0 Å². The lowest BCUT2D eigenvalue weighted by atomic mass is 10.1. The van der Waals surface area contributed by atoms with Crippen molar-refractivity contribution < 1.29 is 42.9 Å². The SMILES string of the molecule is COC=Nc1nc(C)nc2c1c(C(N)=O)cn2[C@@H]1O[C@H](COC(C)=O)[C@@H](OC(C)=O)[C@H]1OC(C)=O. The summed E-state index contributed by atoms with van der Waals surface area (Å²) >= 11 is 0. The first kappa shape index (κ1) is 25.6. The summed E-state index contributed by atoms with van der Waals surface area (Å²) in [6, 6.07) is 0. The second-order valence-corrected chi connectivity index (χ2v) is 7.59. The van der Waals surface area contributed by atoms with Crippen molar-refractivity contribution in [1.29, 1.82) is 0 Å². The molecule has 14 heteroatoms. The normalized spacial score (nSPS) is 21.7. The zero-order valence-corrected chi connectivity index (χ0v) is 19.7. The lowest BCUT2D eigenvalue weighted by Gasteiger charge is -2.24. The Bertz CT molecular complexity index is 1190. The van der Waals surface area contributed by atoms with Gasteiger partial charge in [0.1, 0.15) is 24.2 Å². The monoisotopic (exact) mass is 491 g/mol. The first-order chi connectivity index (χ1) is 16.5. The minimum Gasteiger partial charge on any atom is -0.486 e. The molecule has 0 bridgehead atoms. The van der Waals surface area contributed by atoms with Gasteiger partial charge in [0.15, 0.2) is 30.7 Å². The predicted octanol–water partition coefficient (Wildman–Crippen LogP) is 0.469. The van der Waals surface area contributed by atoms with E-state index in [4.69, 9.17) is 29.4 Å². The summed E-state index contributed by atoms with van der Waals surface area (Å²) in [6.07, 6.45) is -1.98. The molecule has 0 radical (unpaired) electrons. The minimum atomic E-state index is -1.19. The topological polar surface area (TPSA) is 184 Å². The Morgan fingerprint density at radius 3 is 2.34 bits per heavy atom. The van der Waals surface area contributed by atoms with Crippen molar-refractivity contribution in [3.8, 4) is 0 Å². The van der Waals surface area contributed by atoms with E-state index in [2.05, 4.69) is 15.0 Å². The molecule has 1 aliphatic rings. The highest BCUT2D eigenvalue weighted by atomic mass is 16.7. The van der Waals surface area contributed by atoms with Crippen LogP contribution in [0, 0.1) is 6.92 Å². The van der Waals surface area contributed by atoms with E-state index in [1.54, 1.807) is 6.92 Å². The molecule has 1 fully saturated rings. The third-order valence-corrected chi connectivity index (χ3v) is 4.93. The Morgan fingerprint density at radius 1 is 1.11 bits per heavy atom. The van der Waals surface area contributed by atoms with Gasteiger partial charge in [-0.05, 0) is 6.92 Å². The van der Waals surface area contributed by atoms with Crippen molar-refractivity contribution in [1.82, 2.24) is 14.5 Å². The summed E-state index contributed by atoms with van der Waals surface area (Å²) < 4.78 is 28.2. The van der Waals surface area contributed by atoms with Crippen molar-refractivity contribution in [3.63, 3.8) is 0 Å².